The van der Waals surface area contributed by atoms with Crippen molar-refractivity contribution in [2.75, 3.05) is 18.1 Å². The molecule has 3 rings (SSSR count). The molecule has 0 N–H and O–H groups in total. The van der Waals surface area contributed by atoms with Crippen LogP contribution in [-0.4, -0.2) is 42.5 Å². The minimum Gasteiger partial charge on any atom is -0.375 e. The van der Waals surface area contributed by atoms with Crippen LogP contribution >= 0.6 is 12.6 Å². The van der Waals surface area contributed by atoms with Gasteiger partial charge in [0, 0.05) is 35.8 Å². The molecule has 0 radical (unpaired) electrons. The third-order valence-electron chi connectivity index (χ3n) is 4.53. The van der Waals surface area contributed by atoms with Crippen LogP contribution in [-0.2, 0) is 11.3 Å². The third-order valence-corrected chi connectivity index (χ3v) is 5.78. The number of hydrogen-bond donors (Lipinski definition) is 1. The molecule has 9 heteroatoms. The second-order valence-electron chi connectivity index (χ2n) is 8.34. The summed E-state index contributed by atoms with van der Waals surface area (Å²) in [4.78, 5) is 10.9. The molecule has 0 aliphatic carbocycles. The topological polar surface area (TPSA) is 38.2 Å². The highest BCUT2D eigenvalue weighted by molar-refractivity contribution is 7.81. The predicted octanol–water partition coefficient (Wildman–Crippen LogP) is 4.22. The zero-order valence-corrected chi connectivity index (χ0v) is 19.0. The lowest BCUT2D eigenvalue weighted by Crippen LogP contribution is -2.34. The van der Waals surface area contributed by atoms with Crippen LogP contribution in [0, 0.1) is 28.9 Å². The van der Waals surface area contributed by atoms with Crippen molar-refractivity contribution >= 4 is 26.7 Å². The van der Waals surface area contributed by atoms with Crippen LogP contribution in [0.25, 0.3) is 0 Å². The molecule has 0 bridgehead atoms. The first-order chi connectivity index (χ1) is 14.1. The van der Waals surface area contributed by atoms with E-state index < -0.39 is 25.5 Å². The summed E-state index contributed by atoms with van der Waals surface area (Å²) < 4.78 is 45.8. The van der Waals surface area contributed by atoms with Crippen molar-refractivity contribution in [2.24, 2.45) is 0 Å². The Morgan fingerprint density at radius 1 is 1.13 bits per heavy atom. The van der Waals surface area contributed by atoms with E-state index in [0.29, 0.717) is 18.6 Å². The molecular weight excluding hydrogens is 427 g/mol. The zero-order valence-electron chi connectivity index (χ0n) is 17.1. The summed E-state index contributed by atoms with van der Waals surface area (Å²) >= 11 is 4.56. The molecule has 0 unspecified atom stereocenters. The summed E-state index contributed by atoms with van der Waals surface area (Å²) in [6.45, 7) is 7.26. The number of thiol groups is 1. The summed E-state index contributed by atoms with van der Waals surface area (Å²) in [7, 11) is -1.48. The number of hydrogen-bond acceptors (Lipinski definition) is 5. The first-order valence-electron chi connectivity index (χ1n) is 9.63. The fourth-order valence-corrected chi connectivity index (χ4v) is 4.01. The van der Waals surface area contributed by atoms with Crippen LogP contribution in [0.4, 0.5) is 19.1 Å². The molecule has 1 saturated heterocycles. The van der Waals surface area contributed by atoms with Crippen molar-refractivity contribution in [2.45, 2.75) is 44.0 Å². The van der Waals surface area contributed by atoms with E-state index >= 15 is 0 Å². The Morgan fingerprint density at radius 2 is 1.80 bits per heavy atom. The predicted molar refractivity (Wildman–Crippen MR) is 117 cm³/mol. The molecule has 1 aromatic carbocycles. The molecule has 30 heavy (non-hydrogen) atoms. The number of benzene rings is 1. The van der Waals surface area contributed by atoms with Crippen LogP contribution in [0.2, 0.25) is 19.6 Å². The summed E-state index contributed by atoms with van der Waals surface area (Å²) in [5.74, 6) is 0.532. The normalized spacial score (nSPS) is 19.0. The van der Waals surface area contributed by atoms with Gasteiger partial charge in [-0.3, -0.25) is 0 Å². The lowest BCUT2D eigenvalue weighted by Gasteiger charge is -2.24. The molecule has 0 spiro atoms. The molecule has 2 heterocycles. The number of anilines is 1. The molecule has 160 valence electrons. The van der Waals surface area contributed by atoms with Gasteiger partial charge in [-0.2, -0.15) is 12.6 Å². The van der Waals surface area contributed by atoms with Gasteiger partial charge in [0.15, 0.2) is 11.6 Å². The van der Waals surface area contributed by atoms with Crippen molar-refractivity contribution in [1.82, 2.24) is 9.97 Å². The Labute approximate surface area is 181 Å². The van der Waals surface area contributed by atoms with Crippen LogP contribution in [0.3, 0.4) is 0 Å². The molecule has 1 fully saturated rings. The molecule has 0 amide bonds. The quantitative estimate of drug-likeness (QED) is 0.320. The highest BCUT2D eigenvalue weighted by Crippen LogP contribution is 2.26. The minimum absolute atomic E-state index is 0.0255. The Bertz CT molecular complexity index is 957. The molecule has 2 aromatic rings. The smallest absolute Gasteiger partial charge is 0.225 e. The number of ether oxygens (including phenoxy) is 1. The van der Waals surface area contributed by atoms with Crippen LogP contribution < -0.4 is 4.90 Å². The standard InChI is InChI=1S/C21H24F3N3OSSi/c1-30(2,3)5-4-14-9-25-21(26-10-14)27-11-17(29)7-16(27)13-28-12-15-6-19(23)20(24)8-18(15)22/h6,8-10,16-17,29H,7,11-13H2,1-3H3/t16-,17+/m0/s1. The van der Waals surface area contributed by atoms with E-state index in [2.05, 4.69) is 53.7 Å². The van der Waals surface area contributed by atoms with Crippen LogP contribution in [0.5, 0.6) is 0 Å². The number of rotatable bonds is 5. The van der Waals surface area contributed by atoms with Gasteiger partial charge in [0.2, 0.25) is 5.95 Å². The van der Waals surface area contributed by atoms with E-state index in [-0.39, 0.29) is 30.1 Å². The Balaban J connectivity index is 1.64. The maximum Gasteiger partial charge on any atom is 0.225 e. The van der Waals surface area contributed by atoms with Gasteiger partial charge in [-0.25, -0.2) is 23.1 Å². The summed E-state index contributed by atoms with van der Waals surface area (Å²) in [6.07, 6.45) is 4.15. The number of aromatic nitrogens is 2. The van der Waals surface area contributed by atoms with Gasteiger partial charge in [0.25, 0.3) is 0 Å². The van der Waals surface area contributed by atoms with Crippen molar-refractivity contribution in [3.63, 3.8) is 0 Å². The minimum atomic E-state index is -1.48. The van der Waals surface area contributed by atoms with Gasteiger partial charge < -0.3 is 9.64 Å². The van der Waals surface area contributed by atoms with Crippen LogP contribution in [0.15, 0.2) is 24.5 Å². The maximum atomic E-state index is 13.8. The highest BCUT2D eigenvalue weighted by atomic mass is 32.1. The second kappa shape index (κ2) is 9.41. The Morgan fingerprint density at radius 3 is 2.47 bits per heavy atom. The molecule has 1 aromatic heterocycles. The van der Waals surface area contributed by atoms with Crippen molar-refractivity contribution in [3.8, 4) is 11.5 Å². The van der Waals surface area contributed by atoms with E-state index in [4.69, 9.17) is 4.74 Å². The first-order valence-corrected chi connectivity index (χ1v) is 13.6. The summed E-state index contributed by atoms with van der Waals surface area (Å²) in [5.41, 5.74) is 4.02. The first kappa shape index (κ1) is 22.7. The van der Waals surface area contributed by atoms with Crippen molar-refractivity contribution in [1.29, 1.82) is 0 Å². The van der Waals surface area contributed by atoms with Gasteiger partial charge >= 0.3 is 0 Å². The molecule has 0 saturated carbocycles. The second-order valence-corrected chi connectivity index (χ2v) is 13.8. The Kier molecular flexibility index (Phi) is 7.11. The fourth-order valence-electron chi connectivity index (χ4n) is 3.07. The average molecular weight is 452 g/mol. The van der Waals surface area contributed by atoms with Gasteiger partial charge in [-0.05, 0) is 12.5 Å². The van der Waals surface area contributed by atoms with Crippen molar-refractivity contribution < 1.29 is 17.9 Å². The van der Waals surface area contributed by atoms with Gasteiger partial charge in [0.1, 0.15) is 13.9 Å². The maximum absolute atomic E-state index is 13.8. The molecular formula is C21H24F3N3OSSi. The lowest BCUT2D eigenvalue weighted by atomic mass is 10.2. The van der Waals surface area contributed by atoms with E-state index in [0.717, 1.165) is 18.1 Å². The number of halogens is 3. The Hall–Kier alpha value is -2.02. The van der Waals surface area contributed by atoms with E-state index in [1.807, 2.05) is 4.90 Å². The molecule has 1 aliphatic heterocycles. The van der Waals surface area contributed by atoms with Gasteiger partial charge in [-0.1, -0.05) is 25.6 Å². The summed E-state index contributed by atoms with van der Waals surface area (Å²) in [6, 6.07) is 1.29. The SMILES string of the molecule is C[Si](C)(C)C#Cc1cnc(N2C[C@H](S)C[C@H]2COCc2cc(F)c(F)cc2F)nc1. The van der Waals surface area contributed by atoms with Gasteiger partial charge in [0.05, 0.1) is 24.8 Å². The average Bonchev–Trinajstić information content (AvgIpc) is 3.04. The van der Waals surface area contributed by atoms with Gasteiger partial charge in [-0.15, -0.1) is 5.54 Å². The highest BCUT2D eigenvalue weighted by Gasteiger charge is 2.32. The largest absolute Gasteiger partial charge is 0.375 e. The molecule has 4 nitrogen and oxygen atoms in total. The van der Waals surface area contributed by atoms with E-state index in [1.165, 1.54) is 0 Å². The van der Waals surface area contributed by atoms with Crippen LogP contribution in [0.1, 0.15) is 17.5 Å². The third kappa shape index (κ3) is 6.00. The molecule has 1 aliphatic rings. The number of nitrogens with zero attached hydrogens (tertiary/aromatic N) is 3. The van der Waals surface area contributed by atoms with Crippen molar-refractivity contribution in [3.05, 3.63) is 53.1 Å². The van der Waals surface area contributed by atoms with E-state index in [1.54, 1.807) is 12.4 Å². The zero-order chi connectivity index (χ0) is 21.9. The monoisotopic (exact) mass is 451 g/mol. The fraction of sp³-hybridized carbons (Fsp3) is 0.429. The van der Waals surface area contributed by atoms with E-state index in [9.17, 15) is 13.2 Å². The molecule has 2 atom stereocenters. The lowest BCUT2D eigenvalue weighted by molar-refractivity contribution is 0.106. The summed E-state index contributed by atoms with van der Waals surface area (Å²) in [5, 5.41) is 0.119.